The molecule has 0 aromatic carbocycles. The van der Waals surface area contributed by atoms with E-state index in [4.69, 9.17) is 4.74 Å². The summed E-state index contributed by atoms with van der Waals surface area (Å²) in [4.78, 5) is 18.7. The molecule has 0 unspecified atom stereocenters. The van der Waals surface area contributed by atoms with Gasteiger partial charge in [-0.3, -0.25) is 4.99 Å². The van der Waals surface area contributed by atoms with Crippen molar-refractivity contribution in [1.29, 1.82) is 0 Å². The second-order valence-electron chi connectivity index (χ2n) is 7.73. The maximum absolute atomic E-state index is 11.6. The van der Waals surface area contributed by atoms with Gasteiger partial charge in [0.05, 0.1) is 0 Å². The first kappa shape index (κ1) is 22.5. The van der Waals surface area contributed by atoms with Crippen molar-refractivity contribution < 1.29 is 9.53 Å². The summed E-state index contributed by atoms with van der Waals surface area (Å²) in [5.41, 5.74) is -0.461. The summed E-state index contributed by atoms with van der Waals surface area (Å²) in [7, 11) is 0. The van der Waals surface area contributed by atoms with Crippen LogP contribution in [0.15, 0.2) is 4.99 Å². The quantitative estimate of drug-likeness (QED) is 0.348. The first-order chi connectivity index (χ1) is 12.4. The number of amides is 1. The largest absolute Gasteiger partial charge is 0.444 e. The second-order valence-corrected chi connectivity index (χ2v) is 7.73. The molecule has 1 rings (SSSR count). The lowest BCUT2D eigenvalue weighted by atomic mass is 10.2. The van der Waals surface area contributed by atoms with E-state index in [1.807, 2.05) is 20.8 Å². The smallest absolute Gasteiger partial charge is 0.407 e. The van der Waals surface area contributed by atoms with Crippen molar-refractivity contribution in [3.05, 3.63) is 0 Å². The van der Waals surface area contributed by atoms with Crippen LogP contribution in [0.5, 0.6) is 0 Å². The van der Waals surface area contributed by atoms with Gasteiger partial charge in [-0.15, -0.1) is 0 Å². The molecule has 0 radical (unpaired) electrons. The monoisotopic (exact) mass is 369 g/mol. The molecule has 0 atom stereocenters. The Balaban J connectivity index is 2.20. The summed E-state index contributed by atoms with van der Waals surface area (Å²) in [5.74, 6) is 0.847. The number of nitrogens with one attached hydrogen (secondary N) is 3. The molecule has 152 valence electrons. The molecule has 1 saturated heterocycles. The Labute approximate surface area is 159 Å². The molecule has 0 aromatic rings. The lowest BCUT2D eigenvalue weighted by molar-refractivity contribution is 0.0527. The minimum Gasteiger partial charge on any atom is -0.444 e. The van der Waals surface area contributed by atoms with Crippen LogP contribution in [0, 0.1) is 0 Å². The standard InChI is InChI=1S/C19H39N5O2/c1-5-20-17(22-13-16-24-14-8-6-7-9-15-24)21-11-10-12-23-18(25)26-19(2,3)4/h5-16H2,1-4H3,(H,23,25)(H2,20,21,22). The van der Waals surface area contributed by atoms with E-state index >= 15 is 0 Å². The molecule has 0 spiro atoms. The van der Waals surface area contributed by atoms with E-state index in [1.165, 1.54) is 38.8 Å². The molecule has 1 aliphatic heterocycles. The van der Waals surface area contributed by atoms with Crippen molar-refractivity contribution in [1.82, 2.24) is 20.9 Å². The highest BCUT2D eigenvalue weighted by Gasteiger charge is 2.15. The van der Waals surface area contributed by atoms with Crippen molar-refractivity contribution in [2.45, 2.75) is 65.4 Å². The molecule has 3 N–H and O–H groups in total. The Bertz CT molecular complexity index is 413. The number of aliphatic imine (C=N–C) groups is 1. The fraction of sp³-hybridized carbons (Fsp3) is 0.895. The molecule has 0 bridgehead atoms. The van der Waals surface area contributed by atoms with Gasteiger partial charge in [-0.25, -0.2) is 4.79 Å². The number of carbonyl (C=O) groups is 1. The van der Waals surface area contributed by atoms with Gasteiger partial charge in [0.25, 0.3) is 0 Å². The Hall–Kier alpha value is -1.50. The highest BCUT2D eigenvalue weighted by molar-refractivity contribution is 5.79. The minimum absolute atomic E-state index is 0.371. The van der Waals surface area contributed by atoms with Gasteiger partial charge >= 0.3 is 6.09 Å². The highest BCUT2D eigenvalue weighted by Crippen LogP contribution is 2.08. The second kappa shape index (κ2) is 12.8. The van der Waals surface area contributed by atoms with Crippen molar-refractivity contribution in [2.75, 3.05) is 45.8 Å². The van der Waals surface area contributed by atoms with Crippen molar-refractivity contribution in [3.63, 3.8) is 0 Å². The first-order valence-electron chi connectivity index (χ1n) is 10.1. The molecule has 0 saturated carbocycles. The summed E-state index contributed by atoms with van der Waals surface area (Å²) in [6.45, 7) is 14.1. The number of rotatable bonds is 8. The molecule has 7 nitrogen and oxygen atoms in total. The molecule has 26 heavy (non-hydrogen) atoms. The Kier molecular flexibility index (Phi) is 11.1. The third-order valence-corrected chi connectivity index (χ3v) is 4.04. The number of carbonyl (C=O) groups excluding carboxylic acids is 1. The van der Waals surface area contributed by atoms with Gasteiger partial charge in [-0.05, 0) is 60.0 Å². The molecule has 7 heteroatoms. The number of guanidine groups is 1. The average molecular weight is 370 g/mol. The van der Waals surface area contributed by atoms with Crippen molar-refractivity contribution in [2.24, 2.45) is 4.99 Å². The van der Waals surface area contributed by atoms with Gasteiger partial charge in [-0.2, -0.15) is 0 Å². The predicted molar refractivity (Wildman–Crippen MR) is 108 cm³/mol. The number of nitrogens with zero attached hydrogens (tertiary/aromatic N) is 2. The van der Waals surface area contributed by atoms with Gasteiger partial charge in [0.1, 0.15) is 5.60 Å². The summed E-state index contributed by atoms with van der Waals surface area (Å²) < 4.78 is 5.21. The van der Waals surface area contributed by atoms with E-state index in [0.29, 0.717) is 13.1 Å². The molecular formula is C19H39N5O2. The summed E-state index contributed by atoms with van der Waals surface area (Å²) >= 11 is 0. The lowest BCUT2D eigenvalue weighted by Gasteiger charge is -2.20. The predicted octanol–water partition coefficient (Wildman–Crippen LogP) is 2.33. The van der Waals surface area contributed by atoms with Crippen LogP contribution in [0.1, 0.15) is 59.8 Å². The van der Waals surface area contributed by atoms with Crippen LogP contribution in [-0.2, 0) is 4.74 Å². The van der Waals surface area contributed by atoms with Crippen LogP contribution < -0.4 is 16.0 Å². The third-order valence-electron chi connectivity index (χ3n) is 4.04. The Morgan fingerprint density at radius 1 is 1.04 bits per heavy atom. The molecule has 0 aromatic heterocycles. The molecule has 1 heterocycles. The van der Waals surface area contributed by atoms with E-state index in [9.17, 15) is 4.79 Å². The number of hydrogen-bond donors (Lipinski definition) is 3. The molecule has 0 aliphatic carbocycles. The number of hydrogen-bond acceptors (Lipinski definition) is 4. The topological polar surface area (TPSA) is 78.0 Å². The Morgan fingerprint density at radius 2 is 1.73 bits per heavy atom. The zero-order valence-corrected chi connectivity index (χ0v) is 17.2. The lowest BCUT2D eigenvalue weighted by Crippen LogP contribution is -2.42. The SMILES string of the molecule is CCNC(=NCCCNC(=O)OC(C)(C)C)NCCN1CCCCCC1. The normalized spacial score (nSPS) is 16.7. The maximum Gasteiger partial charge on any atom is 0.407 e. The van der Waals surface area contributed by atoms with Crippen molar-refractivity contribution >= 4 is 12.1 Å². The number of alkyl carbamates (subject to hydrolysis) is 1. The molecular weight excluding hydrogens is 330 g/mol. The van der Waals surface area contributed by atoms with Gasteiger partial charge in [-0.1, -0.05) is 12.8 Å². The number of likely N-dealkylation sites (tertiary alicyclic amines) is 1. The van der Waals surface area contributed by atoms with Crippen LogP contribution in [0.3, 0.4) is 0 Å². The molecule has 1 aliphatic rings. The summed E-state index contributed by atoms with van der Waals surface area (Å²) in [6.07, 6.45) is 5.78. The highest BCUT2D eigenvalue weighted by atomic mass is 16.6. The third kappa shape index (κ3) is 12.0. The van der Waals surface area contributed by atoms with Gasteiger partial charge < -0.3 is 25.6 Å². The fourth-order valence-electron chi connectivity index (χ4n) is 2.81. The maximum atomic E-state index is 11.6. The van der Waals surface area contributed by atoms with Gasteiger partial charge in [0.2, 0.25) is 0 Å². The van der Waals surface area contributed by atoms with Crippen LogP contribution in [0.4, 0.5) is 4.79 Å². The summed E-state index contributed by atoms with van der Waals surface area (Å²) in [6, 6.07) is 0. The zero-order chi connectivity index (χ0) is 19.3. The van der Waals surface area contributed by atoms with E-state index in [2.05, 4.69) is 32.8 Å². The van der Waals surface area contributed by atoms with E-state index in [-0.39, 0.29) is 6.09 Å². The molecule has 1 fully saturated rings. The van der Waals surface area contributed by atoms with E-state index in [0.717, 1.165) is 32.0 Å². The number of ether oxygens (including phenoxy) is 1. The summed E-state index contributed by atoms with van der Waals surface area (Å²) in [5, 5.41) is 9.44. The Morgan fingerprint density at radius 3 is 2.35 bits per heavy atom. The molecule has 1 amide bonds. The van der Waals surface area contributed by atoms with E-state index < -0.39 is 5.60 Å². The van der Waals surface area contributed by atoms with Crippen LogP contribution >= 0.6 is 0 Å². The van der Waals surface area contributed by atoms with Crippen LogP contribution in [-0.4, -0.2) is 68.4 Å². The van der Waals surface area contributed by atoms with Crippen LogP contribution in [0.2, 0.25) is 0 Å². The van der Waals surface area contributed by atoms with Gasteiger partial charge in [0.15, 0.2) is 5.96 Å². The van der Waals surface area contributed by atoms with Crippen molar-refractivity contribution in [3.8, 4) is 0 Å². The van der Waals surface area contributed by atoms with Crippen LogP contribution in [0.25, 0.3) is 0 Å². The first-order valence-corrected chi connectivity index (χ1v) is 10.1. The minimum atomic E-state index is -0.461. The van der Waals surface area contributed by atoms with Gasteiger partial charge in [0, 0.05) is 32.7 Å². The fourth-order valence-corrected chi connectivity index (χ4v) is 2.81. The zero-order valence-electron chi connectivity index (χ0n) is 17.2. The average Bonchev–Trinajstić information content (AvgIpc) is 2.81. The van der Waals surface area contributed by atoms with E-state index in [1.54, 1.807) is 0 Å².